The van der Waals surface area contributed by atoms with Gasteiger partial charge in [-0.2, -0.15) is 0 Å². The summed E-state index contributed by atoms with van der Waals surface area (Å²) >= 11 is 0. The third-order valence-electron chi connectivity index (χ3n) is 4.20. The van der Waals surface area contributed by atoms with Crippen molar-refractivity contribution in [2.24, 2.45) is 0 Å². The zero-order valence-electron chi connectivity index (χ0n) is 13.9. The summed E-state index contributed by atoms with van der Waals surface area (Å²) in [7, 11) is 0. The van der Waals surface area contributed by atoms with E-state index in [9.17, 15) is 9.59 Å². The Morgan fingerprint density at radius 2 is 1.92 bits per heavy atom. The first kappa shape index (κ1) is 16.1. The number of hydrogen-bond acceptors (Lipinski definition) is 3. The molecule has 124 valence electrons. The number of nitrogens with one attached hydrogen (secondary N) is 2. The minimum absolute atomic E-state index is 0.178. The number of nitrogens with zero attached hydrogens (tertiary/aromatic N) is 1. The summed E-state index contributed by atoms with van der Waals surface area (Å²) in [4.78, 5) is 26.1. The Bertz CT molecular complexity index is 786. The number of rotatable bonds is 3. The molecule has 0 aliphatic carbocycles. The van der Waals surface area contributed by atoms with Crippen LogP contribution in [0, 0.1) is 13.8 Å². The summed E-state index contributed by atoms with van der Waals surface area (Å²) in [5.41, 5.74) is 5.11. The van der Waals surface area contributed by atoms with Crippen LogP contribution in [0.3, 0.4) is 0 Å². The van der Waals surface area contributed by atoms with Crippen LogP contribution in [0.2, 0.25) is 0 Å². The van der Waals surface area contributed by atoms with Crippen LogP contribution in [0.4, 0.5) is 16.2 Å². The average molecular weight is 323 g/mol. The molecule has 1 heterocycles. The molecule has 3 amide bonds. The molecule has 0 bridgehead atoms. The van der Waals surface area contributed by atoms with Crippen LogP contribution in [0.1, 0.15) is 16.7 Å². The first-order valence-corrected chi connectivity index (χ1v) is 8.04. The Morgan fingerprint density at radius 3 is 2.71 bits per heavy atom. The molecule has 0 saturated heterocycles. The van der Waals surface area contributed by atoms with Gasteiger partial charge in [-0.25, -0.2) is 4.79 Å². The highest BCUT2D eigenvalue weighted by atomic mass is 16.2. The maximum Gasteiger partial charge on any atom is 0.325 e. The van der Waals surface area contributed by atoms with Gasteiger partial charge in [0.05, 0.1) is 6.54 Å². The van der Waals surface area contributed by atoms with E-state index in [1.54, 1.807) is 0 Å². The lowest BCUT2D eigenvalue weighted by molar-refractivity contribution is -0.118. The Hall–Kier alpha value is -2.82. The van der Waals surface area contributed by atoms with E-state index in [1.807, 2.05) is 55.1 Å². The standard InChI is InChI=1S/C19H21N3O2/c1-13-7-8-16(14(2)11-13)20-19(24)21-18(23)12-22-10-9-15-5-3-4-6-17(15)22/h3-8,11H,9-10,12H2,1-2H3,(H2,20,21,23,24). The highest BCUT2D eigenvalue weighted by Crippen LogP contribution is 2.26. The smallest absolute Gasteiger partial charge is 0.325 e. The van der Waals surface area contributed by atoms with Crippen molar-refractivity contribution in [2.45, 2.75) is 20.3 Å². The van der Waals surface area contributed by atoms with Crippen LogP contribution < -0.4 is 15.5 Å². The molecular weight excluding hydrogens is 302 g/mol. The number of fused-ring (bicyclic) bond motifs is 1. The first-order valence-electron chi connectivity index (χ1n) is 8.04. The first-order chi connectivity index (χ1) is 11.5. The number of carbonyl (C=O) groups excluding carboxylic acids is 2. The SMILES string of the molecule is Cc1ccc(NC(=O)NC(=O)CN2CCc3ccccc32)c(C)c1. The lowest BCUT2D eigenvalue weighted by atomic mass is 10.1. The zero-order chi connectivity index (χ0) is 17.1. The molecule has 2 aromatic rings. The molecule has 1 aliphatic rings. The maximum atomic E-state index is 12.1. The molecule has 0 spiro atoms. The lowest BCUT2D eigenvalue weighted by Crippen LogP contribution is -2.41. The number of benzene rings is 2. The van der Waals surface area contributed by atoms with E-state index in [0.717, 1.165) is 29.8 Å². The van der Waals surface area contributed by atoms with E-state index >= 15 is 0 Å². The van der Waals surface area contributed by atoms with Gasteiger partial charge in [0.25, 0.3) is 0 Å². The number of amides is 3. The van der Waals surface area contributed by atoms with Gasteiger partial charge in [-0.1, -0.05) is 35.9 Å². The second kappa shape index (κ2) is 6.74. The molecule has 2 aromatic carbocycles. The van der Waals surface area contributed by atoms with E-state index in [0.29, 0.717) is 5.69 Å². The minimum Gasteiger partial charge on any atom is -0.362 e. The fraction of sp³-hybridized carbons (Fsp3) is 0.263. The second-order valence-electron chi connectivity index (χ2n) is 6.12. The van der Waals surface area contributed by atoms with Gasteiger partial charge in [0.2, 0.25) is 5.91 Å². The van der Waals surface area contributed by atoms with Gasteiger partial charge in [-0.05, 0) is 43.5 Å². The quantitative estimate of drug-likeness (QED) is 0.913. The van der Waals surface area contributed by atoms with Crippen molar-refractivity contribution in [1.82, 2.24) is 5.32 Å². The summed E-state index contributed by atoms with van der Waals surface area (Å²) in [6, 6.07) is 13.3. The van der Waals surface area contributed by atoms with Crippen molar-refractivity contribution in [3.8, 4) is 0 Å². The predicted octanol–water partition coefficient (Wildman–Crippen LogP) is 3.01. The van der Waals surface area contributed by atoms with Gasteiger partial charge in [0.1, 0.15) is 0 Å². The number of imide groups is 1. The van der Waals surface area contributed by atoms with Crippen LogP contribution in [-0.4, -0.2) is 25.0 Å². The summed E-state index contributed by atoms with van der Waals surface area (Å²) in [6.07, 6.45) is 0.929. The Labute approximate surface area is 141 Å². The average Bonchev–Trinajstić information content (AvgIpc) is 2.93. The van der Waals surface area contributed by atoms with Crippen molar-refractivity contribution >= 4 is 23.3 Å². The Kier molecular flexibility index (Phi) is 4.51. The topological polar surface area (TPSA) is 61.4 Å². The summed E-state index contributed by atoms with van der Waals surface area (Å²) < 4.78 is 0. The van der Waals surface area contributed by atoms with E-state index < -0.39 is 6.03 Å². The largest absolute Gasteiger partial charge is 0.362 e. The van der Waals surface area contributed by atoms with Gasteiger partial charge in [-0.15, -0.1) is 0 Å². The highest BCUT2D eigenvalue weighted by Gasteiger charge is 2.21. The highest BCUT2D eigenvalue weighted by molar-refractivity contribution is 6.02. The van der Waals surface area contributed by atoms with Gasteiger partial charge in [0.15, 0.2) is 0 Å². The molecule has 1 aliphatic heterocycles. The predicted molar refractivity (Wildman–Crippen MR) is 95.4 cm³/mol. The molecule has 0 fully saturated rings. The molecule has 0 aromatic heterocycles. The molecular formula is C19H21N3O2. The summed E-state index contributed by atoms with van der Waals surface area (Å²) in [5.74, 6) is -0.311. The number of para-hydroxylation sites is 1. The van der Waals surface area contributed by atoms with Crippen molar-refractivity contribution in [1.29, 1.82) is 0 Å². The fourth-order valence-corrected chi connectivity index (χ4v) is 3.02. The molecule has 5 heteroatoms. The molecule has 24 heavy (non-hydrogen) atoms. The number of hydrogen-bond donors (Lipinski definition) is 2. The number of aryl methyl sites for hydroxylation is 2. The summed E-state index contributed by atoms with van der Waals surface area (Å²) in [5, 5.41) is 5.12. The Balaban J connectivity index is 1.56. The molecule has 0 saturated carbocycles. The van der Waals surface area contributed by atoms with Gasteiger partial charge >= 0.3 is 6.03 Å². The van der Waals surface area contributed by atoms with Crippen LogP contribution >= 0.6 is 0 Å². The van der Waals surface area contributed by atoms with E-state index in [1.165, 1.54) is 5.56 Å². The monoisotopic (exact) mass is 323 g/mol. The molecule has 0 radical (unpaired) electrons. The molecule has 3 rings (SSSR count). The van der Waals surface area contributed by atoms with Crippen LogP contribution in [0.5, 0.6) is 0 Å². The van der Waals surface area contributed by atoms with E-state index in [2.05, 4.69) is 16.7 Å². The van der Waals surface area contributed by atoms with E-state index in [4.69, 9.17) is 0 Å². The maximum absolute atomic E-state index is 12.1. The third-order valence-corrected chi connectivity index (χ3v) is 4.20. The van der Waals surface area contributed by atoms with Crippen molar-refractivity contribution in [3.63, 3.8) is 0 Å². The van der Waals surface area contributed by atoms with Crippen LogP contribution in [0.25, 0.3) is 0 Å². The number of urea groups is 1. The Morgan fingerprint density at radius 1 is 1.12 bits per heavy atom. The van der Waals surface area contributed by atoms with Gasteiger partial charge in [0, 0.05) is 17.9 Å². The van der Waals surface area contributed by atoms with Crippen LogP contribution in [0.15, 0.2) is 42.5 Å². The van der Waals surface area contributed by atoms with Gasteiger partial charge < -0.3 is 10.2 Å². The molecule has 0 atom stereocenters. The summed E-state index contributed by atoms with van der Waals surface area (Å²) in [6.45, 7) is 4.89. The number of anilines is 2. The van der Waals surface area contributed by atoms with Gasteiger partial charge in [-0.3, -0.25) is 10.1 Å². The molecule has 2 N–H and O–H groups in total. The third kappa shape index (κ3) is 3.56. The lowest BCUT2D eigenvalue weighted by Gasteiger charge is -2.18. The molecule has 5 nitrogen and oxygen atoms in total. The van der Waals surface area contributed by atoms with Crippen molar-refractivity contribution < 1.29 is 9.59 Å². The van der Waals surface area contributed by atoms with E-state index in [-0.39, 0.29) is 12.5 Å². The van der Waals surface area contributed by atoms with Crippen molar-refractivity contribution in [3.05, 3.63) is 59.2 Å². The fourth-order valence-electron chi connectivity index (χ4n) is 3.02. The zero-order valence-corrected chi connectivity index (χ0v) is 13.9. The number of carbonyl (C=O) groups is 2. The normalized spacial score (nSPS) is 12.7. The minimum atomic E-state index is -0.501. The van der Waals surface area contributed by atoms with Crippen molar-refractivity contribution in [2.75, 3.05) is 23.3 Å². The molecule has 0 unspecified atom stereocenters. The van der Waals surface area contributed by atoms with Crippen LogP contribution in [-0.2, 0) is 11.2 Å². The second-order valence-corrected chi connectivity index (χ2v) is 6.12.